The topological polar surface area (TPSA) is 88.6 Å². The average molecular weight is 492 g/mol. The molecule has 1 amide bonds. The minimum absolute atomic E-state index is 0.0575. The Morgan fingerprint density at radius 2 is 1.84 bits per heavy atom. The molecule has 0 aliphatic carbocycles. The monoisotopic (exact) mass is 491 g/mol. The lowest BCUT2D eigenvalue weighted by Crippen LogP contribution is -2.31. The van der Waals surface area contributed by atoms with E-state index in [0.29, 0.717) is 6.20 Å². The van der Waals surface area contributed by atoms with Gasteiger partial charge in [0.25, 0.3) is 0 Å². The third kappa shape index (κ3) is 6.59. The predicted molar refractivity (Wildman–Crippen MR) is 116 cm³/mol. The predicted octanol–water partition coefficient (Wildman–Crippen LogP) is 4.26. The number of ether oxygens (including phenoxy) is 1. The van der Waals surface area contributed by atoms with Crippen molar-refractivity contribution in [3.8, 4) is 5.75 Å². The van der Waals surface area contributed by atoms with Crippen molar-refractivity contribution in [2.24, 2.45) is 0 Å². The summed E-state index contributed by atoms with van der Waals surface area (Å²) in [6, 6.07) is 6.40. The number of sulfonamides is 1. The van der Waals surface area contributed by atoms with Crippen molar-refractivity contribution >= 4 is 33.4 Å². The van der Waals surface area contributed by atoms with E-state index in [0.717, 1.165) is 17.8 Å². The number of rotatable bonds is 10. The molecule has 0 unspecified atom stereocenters. The number of benzene rings is 1. The summed E-state index contributed by atoms with van der Waals surface area (Å²) in [6.07, 6.45) is -3.78. The Bertz CT molecular complexity index is 1030. The Morgan fingerprint density at radius 1 is 1.16 bits per heavy atom. The second-order valence-electron chi connectivity index (χ2n) is 6.40. The Balaban J connectivity index is 2.14. The van der Waals surface area contributed by atoms with Crippen molar-refractivity contribution in [2.75, 3.05) is 30.8 Å². The number of pyridine rings is 1. The Kier molecular flexibility index (Phi) is 8.93. The van der Waals surface area contributed by atoms with Crippen molar-refractivity contribution in [3.05, 3.63) is 42.1 Å². The highest BCUT2D eigenvalue weighted by Gasteiger charge is 2.30. The molecule has 1 aromatic carbocycles. The number of hydrogen-bond donors (Lipinski definition) is 1. The van der Waals surface area contributed by atoms with Crippen LogP contribution in [-0.4, -0.2) is 49.1 Å². The van der Waals surface area contributed by atoms with Crippen LogP contribution in [0.3, 0.4) is 0 Å². The molecule has 2 rings (SSSR count). The van der Waals surface area contributed by atoms with Crippen LogP contribution in [0, 0.1) is 0 Å². The highest BCUT2D eigenvalue weighted by Crippen LogP contribution is 2.31. The van der Waals surface area contributed by atoms with Crippen LogP contribution in [0.1, 0.15) is 26.3 Å². The standard InChI is InChI=1S/C20H24F3N3O4S2/c1-4-26(5-2)32(28,29)17-11-15(8-9-16(17)30-6-3)25-18(27)13-31-19-10-7-14(12-24-19)20(21,22)23/h7-12H,4-6,13H2,1-3H3,(H,25,27). The number of carbonyl (C=O) groups excluding carboxylic acids is 1. The van der Waals surface area contributed by atoms with E-state index in [1.54, 1.807) is 20.8 Å². The summed E-state index contributed by atoms with van der Waals surface area (Å²) in [5.41, 5.74) is -0.618. The molecule has 0 fully saturated rings. The Morgan fingerprint density at radius 3 is 2.38 bits per heavy atom. The largest absolute Gasteiger partial charge is 0.492 e. The summed E-state index contributed by atoms with van der Waals surface area (Å²) in [4.78, 5) is 15.9. The molecule has 0 atom stereocenters. The molecule has 0 aliphatic heterocycles. The molecule has 0 saturated carbocycles. The fourth-order valence-corrected chi connectivity index (χ4v) is 4.99. The van der Waals surface area contributed by atoms with E-state index in [9.17, 15) is 26.4 Å². The molecular weight excluding hydrogens is 467 g/mol. The SMILES string of the molecule is CCOc1ccc(NC(=O)CSc2ccc(C(F)(F)F)cn2)cc1S(=O)(=O)N(CC)CC. The minimum atomic E-state index is -4.48. The van der Waals surface area contributed by atoms with Gasteiger partial charge in [0.2, 0.25) is 15.9 Å². The number of halogens is 3. The summed E-state index contributed by atoms with van der Waals surface area (Å²) in [5, 5.41) is 2.85. The Hall–Kier alpha value is -2.31. The number of nitrogens with one attached hydrogen (secondary N) is 1. The lowest BCUT2D eigenvalue weighted by molar-refractivity contribution is -0.137. The van der Waals surface area contributed by atoms with Crippen molar-refractivity contribution in [2.45, 2.75) is 36.9 Å². The molecule has 0 radical (unpaired) electrons. The molecule has 2 aromatic rings. The van der Waals surface area contributed by atoms with Gasteiger partial charge in [0, 0.05) is 25.0 Å². The van der Waals surface area contributed by atoms with Crippen molar-refractivity contribution in [3.63, 3.8) is 0 Å². The zero-order chi connectivity index (χ0) is 23.9. The summed E-state index contributed by atoms with van der Waals surface area (Å²) in [7, 11) is -3.83. The fourth-order valence-electron chi connectivity index (χ4n) is 2.73. The van der Waals surface area contributed by atoms with E-state index < -0.39 is 27.7 Å². The first-order chi connectivity index (χ1) is 15.0. The lowest BCUT2D eigenvalue weighted by Gasteiger charge is -2.21. The molecule has 7 nitrogen and oxygen atoms in total. The van der Waals surface area contributed by atoms with E-state index in [2.05, 4.69) is 10.3 Å². The van der Waals surface area contributed by atoms with Crippen LogP contribution >= 0.6 is 11.8 Å². The van der Waals surface area contributed by atoms with Gasteiger partial charge in [-0.1, -0.05) is 25.6 Å². The first-order valence-electron chi connectivity index (χ1n) is 9.75. The van der Waals surface area contributed by atoms with Gasteiger partial charge in [-0.05, 0) is 37.3 Å². The summed E-state index contributed by atoms with van der Waals surface area (Å²) in [5.74, 6) is -0.406. The summed E-state index contributed by atoms with van der Waals surface area (Å²) in [6.45, 7) is 5.99. The first-order valence-corrected chi connectivity index (χ1v) is 12.2. The molecule has 0 bridgehead atoms. The van der Waals surface area contributed by atoms with Gasteiger partial charge in [-0.15, -0.1) is 0 Å². The third-order valence-corrected chi connectivity index (χ3v) is 7.28. The van der Waals surface area contributed by atoms with Gasteiger partial charge in [0.1, 0.15) is 10.6 Å². The van der Waals surface area contributed by atoms with Gasteiger partial charge in [0.15, 0.2) is 0 Å². The van der Waals surface area contributed by atoms with Crippen LogP contribution in [0.4, 0.5) is 18.9 Å². The summed E-state index contributed by atoms with van der Waals surface area (Å²) < 4.78 is 70.5. The molecule has 176 valence electrons. The number of nitrogens with zero attached hydrogens (tertiary/aromatic N) is 2. The van der Waals surface area contributed by atoms with Crippen LogP contribution < -0.4 is 10.1 Å². The van der Waals surface area contributed by atoms with Gasteiger partial charge >= 0.3 is 6.18 Å². The smallest absolute Gasteiger partial charge is 0.417 e. The van der Waals surface area contributed by atoms with E-state index >= 15 is 0 Å². The Labute approximate surface area is 189 Å². The van der Waals surface area contributed by atoms with Gasteiger partial charge in [-0.2, -0.15) is 17.5 Å². The zero-order valence-corrected chi connectivity index (χ0v) is 19.4. The van der Waals surface area contributed by atoms with Gasteiger partial charge < -0.3 is 10.1 Å². The number of thioether (sulfide) groups is 1. The molecule has 1 aromatic heterocycles. The molecule has 0 spiro atoms. The molecule has 0 saturated heterocycles. The number of aromatic nitrogens is 1. The molecule has 0 aliphatic rings. The number of amides is 1. The van der Waals surface area contributed by atoms with Crippen LogP contribution in [0.25, 0.3) is 0 Å². The van der Waals surface area contributed by atoms with E-state index in [4.69, 9.17) is 4.74 Å². The number of hydrogen-bond acceptors (Lipinski definition) is 6. The highest BCUT2D eigenvalue weighted by atomic mass is 32.2. The maximum atomic E-state index is 13.0. The normalized spacial score (nSPS) is 12.1. The van der Waals surface area contributed by atoms with Crippen LogP contribution in [0.15, 0.2) is 46.5 Å². The van der Waals surface area contributed by atoms with Crippen LogP contribution in [0.2, 0.25) is 0 Å². The minimum Gasteiger partial charge on any atom is -0.492 e. The molecule has 12 heteroatoms. The molecule has 32 heavy (non-hydrogen) atoms. The maximum Gasteiger partial charge on any atom is 0.417 e. The molecule has 1 N–H and O–H groups in total. The quantitative estimate of drug-likeness (QED) is 0.500. The first kappa shape index (κ1) is 25.9. The average Bonchev–Trinajstić information content (AvgIpc) is 2.74. The van der Waals surface area contributed by atoms with Crippen LogP contribution in [-0.2, 0) is 21.0 Å². The number of carbonyl (C=O) groups is 1. The number of anilines is 1. The highest BCUT2D eigenvalue weighted by molar-refractivity contribution is 7.99. The van der Waals surface area contributed by atoms with E-state index in [-0.39, 0.29) is 46.8 Å². The van der Waals surface area contributed by atoms with Crippen LogP contribution in [0.5, 0.6) is 5.75 Å². The van der Waals surface area contributed by atoms with Gasteiger partial charge in [0.05, 0.1) is 22.9 Å². The third-order valence-electron chi connectivity index (χ3n) is 4.27. The fraction of sp³-hybridized carbons (Fsp3) is 0.400. The summed E-state index contributed by atoms with van der Waals surface area (Å²) >= 11 is 0.959. The van der Waals surface area contributed by atoms with Crippen molar-refractivity contribution < 1.29 is 31.1 Å². The van der Waals surface area contributed by atoms with Gasteiger partial charge in [-0.3, -0.25) is 4.79 Å². The van der Waals surface area contributed by atoms with Crippen molar-refractivity contribution in [1.29, 1.82) is 0 Å². The molecule has 1 heterocycles. The zero-order valence-electron chi connectivity index (χ0n) is 17.8. The number of alkyl halides is 3. The van der Waals surface area contributed by atoms with Crippen molar-refractivity contribution in [1.82, 2.24) is 9.29 Å². The van der Waals surface area contributed by atoms with E-state index in [1.165, 1.54) is 28.6 Å². The maximum absolute atomic E-state index is 13.0. The van der Waals surface area contributed by atoms with Gasteiger partial charge in [-0.25, -0.2) is 13.4 Å². The second kappa shape index (κ2) is 11.0. The second-order valence-corrected chi connectivity index (χ2v) is 9.31. The lowest BCUT2D eigenvalue weighted by atomic mass is 10.3. The molecular formula is C20H24F3N3O4S2. The van der Waals surface area contributed by atoms with E-state index in [1.807, 2.05) is 0 Å².